The van der Waals surface area contributed by atoms with Crippen LogP contribution in [0.25, 0.3) is 16.9 Å². The fourth-order valence-corrected chi connectivity index (χ4v) is 5.80. The monoisotopic (exact) mass is 463 g/mol. The van der Waals surface area contributed by atoms with Crippen LogP contribution in [0.4, 0.5) is 5.82 Å². The number of rotatable bonds is 2. The third kappa shape index (κ3) is 3.03. The minimum atomic E-state index is 0.117. The Hall–Kier alpha value is -2.60. The van der Waals surface area contributed by atoms with Crippen LogP contribution in [-0.2, 0) is 6.42 Å². The van der Waals surface area contributed by atoms with Gasteiger partial charge in [-0.25, -0.2) is 9.97 Å². The molecule has 2 aliphatic rings. The van der Waals surface area contributed by atoms with E-state index in [0.29, 0.717) is 10.0 Å². The maximum Gasteiger partial charge on any atom is 0.163 e. The molecule has 2 aromatic carbocycles. The van der Waals surface area contributed by atoms with E-state index < -0.39 is 0 Å². The van der Waals surface area contributed by atoms with Gasteiger partial charge >= 0.3 is 0 Å². The van der Waals surface area contributed by atoms with Crippen molar-refractivity contribution in [3.8, 4) is 5.69 Å². The highest BCUT2D eigenvalue weighted by Gasteiger charge is 2.45. The van der Waals surface area contributed by atoms with Crippen molar-refractivity contribution in [1.82, 2.24) is 14.5 Å². The molecule has 1 spiro atoms. The second kappa shape index (κ2) is 7.48. The van der Waals surface area contributed by atoms with E-state index in [1.54, 1.807) is 6.07 Å². The van der Waals surface area contributed by atoms with Crippen molar-refractivity contribution in [2.24, 2.45) is 11.1 Å². The van der Waals surface area contributed by atoms with E-state index in [1.807, 2.05) is 35.2 Å². The molecule has 1 atom stereocenters. The first-order valence-electron chi connectivity index (χ1n) is 10.9. The normalized spacial score (nSPS) is 19.6. The van der Waals surface area contributed by atoms with Gasteiger partial charge < -0.3 is 10.6 Å². The van der Waals surface area contributed by atoms with Gasteiger partial charge in [0.2, 0.25) is 0 Å². The molecule has 0 radical (unpaired) electrons. The molecule has 1 fully saturated rings. The van der Waals surface area contributed by atoms with Gasteiger partial charge in [0.1, 0.15) is 11.3 Å². The lowest BCUT2D eigenvalue weighted by Gasteiger charge is -2.42. The Labute approximate surface area is 196 Å². The molecule has 1 saturated heterocycles. The van der Waals surface area contributed by atoms with E-state index in [1.165, 1.54) is 11.1 Å². The second-order valence-electron chi connectivity index (χ2n) is 8.90. The molecule has 162 valence electrons. The summed E-state index contributed by atoms with van der Waals surface area (Å²) in [5.41, 5.74) is 12.0. The zero-order valence-electron chi connectivity index (χ0n) is 17.5. The highest BCUT2D eigenvalue weighted by molar-refractivity contribution is 6.43. The number of fused-ring (bicyclic) bond motifs is 2. The molecule has 2 aromatic heterocycles. The number of nitrogens with two attached hydrogens (primary N) is 1. The van der Waals surface area contributed by atoms with E-state index in [4.69, 9.17) is 38.9 Å². The van der Waals surface area contributed by atoms with Gasteiger partial charge in [0.25, 0.3) is 0 Å². The second-order valence-corrected chi connectivity index (χ2v) is 9.68. The summed E-state index contributed by atoms with van der Waals surface area (Å²) >= 11 is 12.6. The number of aromatic nitrogens is 3. The standard InChI is InChI=1S/C25H23Cl2N5/c26-18-6-3-7-20(22(18)27)32-11-8-19-24(32)29-15-21(30-19)31-12-9-25(10-13-31)14-16-4-1-2-5-17(16)23(25)28/h1-8,11,15,23H,9-10,12-14,28H2/t23-/m1/s1. The van der Waals surface area contributed by atoms with Gasteiger partial charge in [0.15, 0.2) is 5.65 Å². The average Bonchev–Trinajstić information content (AvgIpc) is 3.35. The Kier molecular flexibility index (Phi) is 4.68. The Bertz CT molecular complexity index is 1320. The van der Waals surface area contributed by atoms with Crippen molar-refractivity contribution < 1.29 is 0 Å². The number of anilines is 1. The van der Waals surface area contributed by atoms with Gasteiger partial charge in [-0.15, -0.1) is 0 Å². The predicted molar refractivity (Wildman–Crippen MR) is 130 cm³/mol. The first kappa shape index (κ1) is 20.0. The fourth-order valence-electron chi connectivity index (χ4n) is 5.41. The first-order valence-corrected chi connectivity index (χ1v) is 11.7. The van der Waals surface area contributed by atoms with Gasteiger partial charge in [-0.3, -0.25) is 4.57 Å². The zero-order chi connectivity index (χ0) is 21.9. The van der Waals surface area contributed by atoms with E-state index in [9.17, 15) is 0 Å². The Balaban J connectivity index is 1.25. The fraction of sp³-hybridized carbons (Fsp3) is 0.280. The van der Waals surface area contributed by atoms with Crippen molar-refractivity contribution in [3.05, 3.63) is 82.1 Å². The first-order chi connectivity index (χ1) is 15.6. The van der Waals surface area contributed by atoms with Crippen LogP contribution >= 0.6 is 23.2 Å². The summed E-state index contributed by atoms with van der Waals surface area (Å²) in [5, 5.41) is 1.03. The van der Waals surface area contributed by atoms with E-state index in [-0.39, 0.29) is 11.5 Å². The molecular weight excluding hydrogens is 441 g/mol. The van der Waals surface area contributed by atoms with Crippen molar-refractivity contribution in [2.75, 3.05) is 18.0 Å². The van der Waals surface area contributed by atoms with Crippen LogP contribution in [0.5, 0.6) is 0 Å². The van der Waals surface area contributed by atoms with Crippen molar-refractivity contribution >= 4 is 40.2 Å². The molecule has 0 bridgehead atoms. The van der Waals surface area contributed by atoms with E-state index in [2.05, 4.69) is 29.2 Å². The minimum Gasteiger partial charge on any atom is -0.355 e. The molecule has 4 aromatic rings. The number of hydrogen-bond donors (Lipinski definition) is 1. The summed E-state index contributed by atoms with van der Waals surface area (Å²) in [6, 6.07) is 16.3. The Morgan fingerprint density at radius 2 is 1.81 bits per heavy atom. The van der Waals surface area contributed by atoms with Gasteiger partial charge in [-0.1, -0.05) is 53.5 Å². The lowest BCUT2D eigenvalue weighted by atomic mass is 9.73. The zero-order valence-corrected chi connectivity index (χ0v) is 19.0. The number of piperidine rings is 1. The van der Waals surface area contributed by atoms with Crippen LogP contribution in [-0.4, -0.2) is 27.6 Å². The number of hydrogen-bond acceptors (Lipinski definition) is 4. The molecule has 1 aliphatic heterocycles. The van der Waals surface area contributed by atoms with Gasteiger partial charge in [0.05, 0.1) is 21.9 Å². The molecule has 1 aliphatic carbocycles. The third-order valence-electron chi connectivity index (χ3n) is 7.24. The largest absolute Gasteiger partial charge is 0.355 e. The highest BCUT2D eigenvalue weighted by atomic mass is 35.5. The van der Waals surface area contributed by atoms with Crippen LogP contribution in [0.2, 0.25) is 10.0 Å². The van der Waals surface area contributed by atoms with Crippen LogP contribution < -0.4 is 10.6 Å². The summed E-state index contributed by atoms with van der Waals surface area (Å²) in [7, 11) is 0. The van der Waals surface area contributed by atoms with Crippen molar-refractivity contribution in [3.63, 3.8) is 0 Å². The lowest BCUT2D eigenvalue weighted by Crippen LogP contribution is -2.44. The Morgan fingerprint density at radius 1 is 1.00 bits per heavy atom. The Morgan fingerprint density at radius 3 is 2.62 bits per heavy atom. The topological polar surface area (TPSA) is 60.0 Å². The van der Waals surface area contributed by atoms with Crippen LogP contribution in [0.15, 0.2) is 60.9 Å². The number of nitrogens with zero attached hydrogens (tertiary/aromatic N) is 4. The summed E-state index contributed by atoms with van der Waals surface area (Å²) in [6.45, 7) is 1.87. The van der Waals surface area contributed by atoms with Gasteiger partial charge in [0, 0.05) is 25.3 Å². The highest BCUT2D eigenvalue weighted by Crippen LogP contribution is 2.50. The maximum atomic E-state index is 6.73. The molecule has 0 saturated carbocycles. The van der Waals surface area contributed by atoms with Crippen molar-refractivity contribution in [2.45, 2.75) is 25.3 Å². The smallest absolute Gasteiger partial charge is 0.163 e. The van der Waals surface area contributed by atoms with E-state index in [0.717, 1.165) is 55.0 Å². The molecule has 2 N–H and O–H groups in total. The lowest BCUT2D eigenvalue weighted by molar-refractivity contribution is 0.187. The third-order valence-corrected chi connectivity index (χ3v) is 8.05. The number of halogens is 2. The van der Waals surface area contributed by atoms with Gasteiger partial charge in [-0.2, -0.15) is 0 Å². The molecule has 7 heteroatoms. The summed E-state index contributed by atoms with van der Waals surface area (Å²) in [6.07, 6.45) is 6.99. The molecule has 3 heterocycles. The molecule has 5 nitrogen and oxygen atoms in total. The van der Waals surface area contributed by atoms with Crippen LogP contribution in [0.1, 0.15) is 30.0 Å². The SMILES string of the molecule is N[C@@H]1c2ccccc2CC12CCN(c1cnc3c(ccn3-c3cccc(Cl)c3Cl)n1)CC2. The average molecular weight is 464 g/mol. The minimum absolute atomic E-state index is 0.117. The molecule has 6 rings (SSSR count). The number of benzene rings is 2. The summed E-state index contributed by atoms with van der Waals surface area (Å²) in [5.74, 6) is 0.909. The van der Waals surface area contributed by atoms with Crippen molar-refractivity contribution in [1.29, 1.82) is 0 Å². The quantitative estimate of drug-likeness (QED) is 0.422. The molecule has 32 heavy (non-hydrogen) atoms. The van der Waals surface area contributed by atoms with Crippen LogP contribution in [0, 0.1) is 5.41 Å². The predicted octanol–water partition coefficient (Wildman–Crippen LogP) is 5.57. The van der Waals surface area contributed by atoms with Gasteiger partial charge in [-0.05, 0) is 54.0 Å². The molecule has 0 unspecified atom stereocenters. The van der Waals surface area contributed by atoms with E-state index >= 15 is 0 Å². The molecule has 0 amide bonds. The summed E-state index contributed by atoms with van der Waals surface area (Å²) < 4.78 is 1.93. The summed E-state index contributed by atoms with van der Waals surface area (Å²) in [4.78, 5) is 12.0. The molecular formula is C25H23Cl2N5. The maximum absolute atomic E-state index is 6.73. The van der Waals surface area contributed by atoms with Crippen LogP contribution in [0.3, 0.4) is 0 Å².